The molecule has 1 fully saturated rings. The second kappa shape index (κ2) is 2.87. The number of allylic oxidation sites excluding steroid dienone is 2. The van der Waals surface area contributed by atoms with Crippen molar-refractivity contribution in [3.05, 3.63) is 12.2 Å². The van der Waals surface area contributed by atoms with Gasteiger partial charge in [-0.05, 0) is 25.8 Å². The van der Waals surface area contributed by atoms with Gasteiger partial charge in [0.1, 0.15) is 0 Å². The van der Waals surface area contributed by atoms with Crippen molar-refractivity contribution in [3.8, 4) is 6.07 Å². The molecule has 0 atom stereocenters. The van der Waals surface area contributed by atoms with E-state index in [4.69, 9.17) is 5.26 Å². The zero-order valence-electron chi connectivity index (χ0n) is 6.63. The number of nitriles is 1. The van der Waals surface area contributed by atoms with Crippen LogP contribution >= 0.6 is 0 Å². The summed E-state index contributed by atoms with van der Waals surface area (Å²) in [7, 11) is 0. The monoisotopic (exact) mass is 149 g/mol. The van der Waals surface area contributed by atoms with E-state index in [1.54, 1.807) is 6.08 Å². The molecule has 1 rings (SSSR count). The molecule has 1 saturated carbocycles. The van der Waals surface area contributed by atoms with Gasteiger partial charge in [-0.25, -0.2) is 0 Å². The summed E-state index contributed by atoms with van der Waals surface area (Å²) in [5, 5.41) is 8.44. The maximum Gasteiger partial charge on any atom is 0.152 e. The van der Waals surface area contributed by atoms with Gasteiger partial charge in [0.05, 0.1) is 6.07 Å². The second-order valence-electron chi connectivity index (χ2n) is 3.14. The van der Waals surface area contributed by atoms with Gasteiger partial charge < -0.3 is 0 Å². The van der Waals surface area contributed by atoms with E-state index < -0.39 is 0 Å². The van der Waals surface area contributed by atoms with E-state index >= 15 is 0 Å². The van der Waals surface area contributed by atoms with Crippen molar-refractivity contribution in [2.75, 3.05) is 0 Å². The molecular formula is C9H11NO. The van der Waals surface area contributed by atoms with E-state index in [0.717, 1.165) is 12.8 Å². The summed E-state index contributed by atoms with van der Waals surface area (Å²) >= 11 is 0. The summed E-state index contributed by atoms with van der Waals surface area (Å²) in [6.07, 6.45) is 6.13. The maximum absolute atomic E-state index is 10.6. The normalized spacial score (nSPS) is 19.6. The molecule has 0 N–H and O–H groups in total. The van der Waals surface area contributed by atoms with Crippen LogP contribution in [0.4, 0.5) is 0 Å². The highest BCUT2D eigenvalue weighted by atomic mass is 16.1. The van der Waals surface area contributed by atoms with Gasteiger partial charge in [0.2, 0.25) is 0 Å². The van der Waals surface area contributed by atoms with Crippen LogP contribution in [-0.2, 0) is 4.79 Å². The average Bonchev–Trinajstić information content (AvgIpc) is 2.67. The molecule has 0 aromatic carbocycles. The summed E-state index contributed by atoms with van der Waals surface area (Å²) in [5.74, 6) is 0.0641. The van der Waals surface area contributed by atoms with Gasteiger partial charge in [-0.3, -0.25) is 4.79 Å². The minimum atomic E-state index is 0.0641. The Kier molecular flexibility index (Phi) is 2.09. The zero-order valence-corrected chi connectivity index (χ0v) is 6.63. The molecule has 0 saturated heterocycles. The Hall–Kier alpha value is -1.10. The molecule has 0 amide bonds. The molecule has 2 nitrogen and oxygen atoms in total. The second-order valence-corrected chi connectivity index (χ2v) is 3.14. The molecule has 0 spiro atoms. The topological polar surface area (TPSA) is 40.9 Å². The van der Waals surface area contributed by atoms with Crippen molar-refractivity contribution in [2.45, 2.75) is 26.2 Å². The predicted octanol–water partition coefficient (Wildman–Crippen LogP) is 1.83. The van der Waals surface area contributed by atoms with E-state index in [9.17, 15) is 4.79 Å². The summed E-state index contributed by atoms with van der Waals surface area (Å²) < 4.78 is 0. The Bertz CT molecular complexity index is 230. The van der Waals surface area contributed by atoms with Gasteiger partial charge in [0.25, 0.3) is 0 Å². The molecule has 0 heterocycles. The van der Waals surface area contributed by atoms with Gasteiger partial charge in [0, 0.05) is 11.8 Å². The molecule has 0 aromatic rings. The number of nitrogens with zero attached hydrogens (tertiary/aromatic N) is 1. The zero-order chi connectivity index (χ0) is 8.32. The van der Waals surface area contributed by atoms with E-state index in [1.807, 2.05) is 6.08 Å². The van der Waals surface area contributed by atoms with Crippen LogP contribution in [0.1, 0.15) is 26.2 Å². The molecule has 1 aliphatic rings. The molecular weight excluding hydrogens is 138 g/mol. The molecule has 0 aromatic heterocycles. The summed E-state index contributed by atoms with van der Waals surface area (Å²) in [5.41, 5.74) is 0.0699. The number of carbonyl (C=O) groups excluding carboxylic acids is 1. The molecule has 0 radical (unpaired) electrons. The van der Waals surface area contributed by atoms with Crippen molar-refractivity contribution >= 4 is 5.78 Å². The van der Waals surface area contributed by atoms with Crippen molar-refractivity contribution in [1.82, 2.24) is 0 Å². The van der Waals surface area contributed by atoms with Gasteiger partial charge in [-0.15, -0.1) is 0 Å². The predicted molar refractivity (Wildman–Crippen MR) is 41.7 cm³/mol. The van der Waals surface area contributed by atoms with Crippen LogP contribution < -0.4 is 0 Å². The first-order valence-electron chi connectivity index (χ1n) is 3.75. The Morgan fingerprint density at radius 3 is 2.73 bits per heavy atom. The quantitative estimate of drug-likeness (QED) is 0.574. The standard InChI is InChI=1S/C9H11NO/c1-8(11)2-3-9(4-5-9)6-7-10/h2-3H,4-6H2,1H3. The third kappa shape index (κ3) is 2.19. The Labute approximate surface area is 66.5 Å². The van der Waals surface area contributed by atoms with Crippen molar-refractivity contribution in [3.63, 3.8) is 0 Å². The molecule has 0 bridgehead atoms. The Morgan fingerprint density at radius 1 is 1.73 bits per heavy atom. The van der Waals surface area contributed by atoms with Crippen LogP contribution in [0.5, 0.6) is 0 Å². The van der Waals surface area contributed by atoms with Crippen LogP contribution in [0.15, 0.2) is 12.2 Å². The highest BCUT2D eigenvalue weighted by Gasteiger charge is 2.39. The maximum atomic E-state index is 10.6. The number of hydrogen-bond acceptors (Lipinski definition) is 2. The fourth-order valence-corrected chi connectivity index (χ4v) is 1.01. The highest BCUT2D eigenvalue weighted by molar-refractivity contribution is 5.87. The molecule has 58 valence electrons. The fourth-order valence-electron chi connectivity index (χ4n) is 1.01. The third-order valence-electron chi connectivity index (χ3n) is 1.99. The number of ketones is 1. The minimum Gasteiger partial charge on any atom is -0.295 e. The lowest BCUT2D eigenvalue weighted by molar-refractivity contribution is -0.112. The first-order chi connectivity index (χ1) is 5.18. The van der Waals surface area contributed by atoms with Crippen molar-refractivity contribution in [1.29, 1.82) is 5.26 Å². The summed E-state index contributed by atoms with van der Waals surface area (Å²) in [4.78, 5) is 10.6. The van der Waals surface area contributed by atoms with Crippen LogP contribution in [0.25, 0.3) is 0 Å². The molecule has 1 aliphatic carbocycles. The molecule has 0 unspecified atom stereocenters. The highest BCUT2D eigenvalue weighted by Crippen LogP contribution is 2.49. The van der Waals surface area contributed by atoms with E-state index in [2.05, 4.69) is 6.07 Å². The largest absolute Gasteiger partial charge is 0.295 e. The Morgan fingerprint density at radius 2 is 2.36 bits per heavy atom. The van der Waals surface area contributed by atoms with E-state index in [1.165, 1.54) is 6.92 Å². The lowest BCUT2D eigenvalue weighted by atomic mass is 10.0. The van der Waals surface area contributed by atoms with Crippen LogP contribution in [0.2, 0.25) is 0 Å². The lowest BCUT2D eigenvalue weighted by Gasteiger charge is -2.00. The van der Waals surface area contributed by atoms with Crippen LogP contribution in [-0.4, -0.2) is 5.78 Å². The number of rotatable bonds is 3. The number of hydrogen-bond donors (Lipinski definition) is 0. The van der Waals surface area contributed by atoms with Crippen LogP contribution in [0.3, 0.4) is 0 Å². The summed E-state index contributed by atoms with van der Waals surface area (Å²) in [6.45, 7) is 1.53. The fraction of sp³-hybridized carbons (Fsp3) is 0.556. The average molecular weight is 149 g/mol. The van der Waals surface area contributed by atoms with Crippen LogP contribution in [0, 0.1) is 16.7 Å². The first-order valence-corrected chi connectivity index (χ1v) is 3.75. The van der Waals surface area contributed by atoms with E-state index in [0.29, 0.717) is 6.42 Å². The van der Waals surface area contributed by atoms with Gasteiger partial charge in [0.15, 0.2) is 5.78 Å². The lowest BCUT2D eigenvalue weighted by Crippen LogP contribution is -1.94. The first kappa shape index (κ1) is 8.00. The van der Waals surface area contributed by atoms with E-state index in [-0.39, 0.29) is 11.2 Å². The van der Waals surface area contributed by atoms with Gasteiger partial charge >= 0.3 is 0 Å². The summed E-state index contributed by atoms with van der Waals surface area (Å²) in [6, 6.07) is 2.13. The Balaban J connectivity index is 2.48. The van der Waals surface area contributed by atoms with Gasteiger partial charge in [-0.1, -0.05) is 6.08 Å². The molecule has 2 heteroatoms. The minimum absolute atomic E-state index is 0.0641. The molecule has 0 aliphatic heterocycles. The molecule has 11 heavy (non-hydrogen) atoms. The van der Waals surface area contributed by atoms with Crippen molar-refractivity contribution < 1.29 is 4.79 Å². The smallest absolute Gasteiger partial charge is 0.152 e. The third-order valence-corrected chi connectivity index (χ3v) is 1.99. The number of carbonyl (C=O) groups is 1. The SMILES string of the molecule is CC(=O)C=CC1(CC#N)CC1. The van der Waals surface area contributed by atoms with Gasteiger partial charge in [-0.2, -0.15) is 5.26 Å². The van der Waals surface area contributed by atoms with Crippen molar-refractivity contribution in [2.24, 2.45) is 5.41 Å².